The Morgan fingerprint density at radius 1 is 1.57 bits per heavy atom. The van der Waals surface area contributed by atoms with Gasteiger partial charge < -0.3 is 11.6 Å². The van der Waals surface area contributed by atoms with E-state index in [1.807, 2.05) is 0 Å². The standard InChI is InChI=1S/C5H6N.K/c1-3-5-6-4-2;/h2-5H,1H2;/q-1;+1. The van der Waals surface area contributed by atoms with Gasteiger partial charge in [0.2, 0.25) is 0 Å². The smallest absolute Gasteiger partial charge is 0.494 e. The van der Waals surface area contributed by atoms with E-state index in [2.05, 4.69) is 11.6 Å². The third-order valence-corrected chi connectivity index (χ3v) is 0.278. The summed E-state index contributed by atoms with van der Waals surface area (Å²) in [5, 5.41) is 0. The summed E-state index contributed by atoms with van der Waals surface area (Å²) in [5.41, 5.74) is 0. The van der Waals surface area contributed by atoms with Crippen molar-refractivity contribution < 1.29 is 51.4 Å². The molecule has 0 aliphatic rings. The van der Waals surface area contributed by atoms with Gasteiger partial charge in [-0.15, -0.1) is 0 Å². The molecule has 1 nitrogen and oxygen atoms in total. The van der Waals surface area contributed by atoms with Gasteiger partial charge in [0, 0.05) is 6.21 Å². The molecule has 0 amide bonds. The maximum atomic E-state index is 4.84. The molecule has 0 atom stereocenters. The van der Waals surface area contributed by atoms with Gasteiger partial charge in [0.1, 0.15) is 0 Å². The van der Waals surface area contributed by atoms with Gasteiger partial charge in [-0.1, -0.05) is 12.7 Å². The first-order chi connectivity index (χ1) is 2.91. The van der Waals surface area contributed by atoms with Crippen LogP contribution in [0.3, 0.4) is 0 Å². The molecule has 0 saturated carbocycles. The van der Waals surface area contributed by atoms with Crippen LogP contribution in [0.5, 0.6) is 0 Å². The van der Waals surface area contributed by atoms with E-state index in [4.69, 9.17) is 6.58 Å². The van der Waals surface area contributed by atoms with Crippen LogP contribution in [0.25, 0.3) is 0 Å². The van der Waals surface area contributed by atoms with E-state index in [-0.39, 0.29) is 51.4 Å². The quantitative estimate of drug-likeness (QED) is 0.231. The van der Waals surface area contributed by atoms with E-state index in [1.165, 1.54) is 12.4 Å². The summed E-state index contributed by atoms with van der Waals surface area (Å²) in [5.74, 6) is 0. The van der Waals surface area contributed by atoms with Crippen molar-refractivity contribution in [2.24, 2.45) is 4.99 Å². The zero-order valence-corrected chi connectivity index (χ0v) is 7.59. The first-order valence-electron chi connectivity index (χ1n) is 1.59. The fourth-order valence-electron chi connectivity index (χ4n) is 0.111. The molecular formula is C5H6KN. The molecule has 0 spiro atoms. The summed E-state index contributed by atoms with van der Waals surface area (Å²) in [4.78, 5) is 3.50. The van der Waals surface area contributed by atoms with Crippen molar-refractivity contribution in [3.05, 3.63) is 25.4 Å². The average Bonchev–Trinajstić information content (AvgIpc) is 1.61. The number of rotatable bonds is 2. The van der Waals surface area contributed by atoms with Crippen LogP contribution in [0.1, 0.15) is 0 Å². The second kappa shape index (κ2) is 9.92. The first-order valence-corrected chi connectivity index (χ1v) is 1.59. The number of nitrogens with zero attached hydrogens (tertiary/aromatic N) is 1. The fraction of sp³-hybridized carbons (Fsp3) is 0. The maximum absolute atomic E-state index is 4.84. The van der Waals surface area contributed by atoms with Crippen molar-refractivity contribution in [3.8, 4) is 0 Å². The second-order valence-corrected chi connectivity index (χ2v) is 0.683. The summed E-state index contributed by atoms with van der Waals surface area (Å²) in [6.45, 7) is 8.22. The Morgan fingerprint density at radius 2 is 2.14 bits per heavy atom. The molecule has 2 heteroatoms. The molecule has 0 bridgehead atoms. The maximum Gasteiger partial charge on any atom is 1.00 e. The number of hydrogen-bond acceptors (Lipinski definition) is 1. The summed E-state index contributed by atoms with van der Waals surface area (Å²) < 4.78 is 0. The predicted octanol–water partition coefficient (Wildman–Crippen LogP) is -1.81. The van der Waals surface area contributed by atoms with Crippen molar-refractivity contribution in [1.82, 2.24) is 0 Å². The summed E-state index contributed by atoms with van der Waals surface area (Å²) in [7, 11) is 0. The molecular weight excluding hydrogens is 113 g/mol. The van der Waals surface area contributed by atoms with Crippen molar-refractivity contribution in [2.75, 3.05) is 0 Å². The van der Waals surface area contributed by atoms with Crippen LogP contribution in [0.2, 0.25) is 0 Å². The monoisotopic (exact) mass is 119 g/mol. The summed E-state index contributed by atoms with van der Waals surface area (Å²) in [6.07, 6.45) is 4.28. The van der Waals surface area contributed by atoms with Gasteiger partial charge in [-0.3, -0.25) is 0 Å². The second-order valence-electron chi connectivity index (χ2n) is 0.683. The fourth-order valence-corrected chi connectivity index (χ4v) is 0.111. The molecule has 0 aromatic carbocycles. The van der Waals surface area contributed by atoms with Gasteiger partial charge in [0.15, 0.2) is 0 Å². The van der Waals surface area contributed by atoms with Crippen molar-refractivity contribution in [3.63, 3.8) is 0 Å². The Labute approximate surface area is 86.6 Å². The molecule has 0 radical (unpaired) electrons. The van der Waals surface area contributed by atoms with E-state index in [1.54, 1.807) is 6.08 Å². The Balaban J connectivity index is 0. The van der Waals surface area contributed by atoms with Crippen LogP contribution in [-0.4, -0.2) is 6.21 Å². The number of hydrogen-bond donors (Lipinski definition) is 0. The Hall–Kier alpha value is 0.786. The van der Waals surface area contributed by atoms with Crippen LogP contribution in [-0.2, 0) is 0 Å². The zero-order valence-electron chi connectivity index (χ0n) is 4.46. The van der Waals surface area contributed by atoms with Gasteiger partial charge in [0.05, 0.1) is 0 Å². The van der Waals surface area contributed by atoms with Crippen LogP contribution < -0.4 is 51.4 Å². The molecule has 0 aliphatic carbocycles. The Kier molecular flexibility index (Phi) is 15.2. The minimum atomic E-state index is 0. The molecule has 0 unspecified atom stereocenters. The first kappa shape index (κ1) is 10.7. The molecule has 0 aliphatic heterocycles. The molecule has 0 aromatic heterocycles. The molecule has 0 N–H and O–H groups in total. The van der Waals surface area contributed by atoms with Gasteiger partial charge in [-0.05, 0) is 0 Å². The van der Waals surface area contributed by atoms with Crippen molar-refractivity contribution >= 4 is 6.21 Å². The molecule has 32 valence electrons. The summed E-state index contributed by atoms with van der Waals surface area (Å²) >= 11 is 0. The van der Waals surface area contributed by atoms with Gasteiger partial charge in [0.25, 0.3) is 0 Å². The van der Waals surface area contributed by atoms with Crippen LogP contribution in [0.4, 0.5) is 0 Å². The normalized spacial score (nSPS) is 7.43. The van der Waals surface area contributed by atoms with Crippen LogP contribution >= 0.6 is 0 Å². The third-order valence-electron chi connectivity index (χ3n) is 0.278. The van der Waals surface area contributed by atoms with E-state index in [0.717, 1.165) is 0 Å². The molecule has 0 saturated heterocycles. The SMILES string of the molecule is [CH-]=CN=CC=C.[K+]. The molecule has 0 rings (SSSR count). The largest absolute Gasteiger partial charge is 1.00 e. The van der Waals surface area contributed by atoms with Crippen molar-refractivity contribution in [2.45, 2.75) is 0 Å². The third kappa shape index (κ3) is 10.8. The topological polar surface area (TPSA) is 12.4 Å². The van der Waals surface area contributed by atoms with Crippen LogP contribution in [0.15, 0.2) is 23.8 Å². The van der Waals surface area contributed by atoms with Crippen LogP contribution in [0, 0.1) is 6.58 Å². The van der Waals surface area contributed by atoms with Gasteiger partial charge in [-0.25, -0.2) is 0 Å². The number of allylic oxidation sites excluding steroid dienone is 1. The van der Waals surface area contributed by atoms with E-state index >= 15 is 0 Å². The van der Waals surface area contributed by atoms with Crippen molar-refractivity contribution in [1.29, 1.82) is 0 Å². The Morgan fingerprint density at radius 3 is 2.29 bits per heavy atom. The minimum Gasteiger partial charge on any atom is -0.494 e. The Bertz CT molecular complexity index is 66.1. The predicted molar refractivity (Wildman–Crippen MR) is 27.6 cm³/mol. The van der Waals surface area contributed by atoms with E-state index < -0.39 is 0 Å². The van der Waals surface area contributed by atoms with Gasteiger partial charge in [-0.2, -0.15) is 6.20 Å². The van der Waals surface area contributed by atoms with Gasteiger partial charge >= 0.3 is 51.4 Å². The van der Waals surface area contributed by atoms with E-state index in [9.17, 15) is 0 Å². The average molecular weight is 119 g/mol. The van der Waals surface area contributed by atoms with E-state index in [0.29, 0.717) is 0 Å². The molecule has 0 fully saturated rings. The molecule has 7 heavy (non-hydrogen) atoms. The molecule has 0 heterocycles. The molecule has 0 aromatic rings. The summed E-state index contributed by atoms with van der Waals surface area (Å²) in [6, 6.07) is 0. The zero-order chi connectivity index (χ0) is 4.83. The number of aliphatic imine (C=N–C) groups is 1. The minimum absolute atomic E-state index is 0.